The summed E-state index contributed by atoms with van der Waals surface area (Å²) in [4.78, 5) is 14.3. The van der Waals surface area contributed by atoms with Gasteiger partial charge in [-0.25, -0.2) is 4.39 Å². The zero-order valence-corrected chi connectivity index (χ0v) is 13.0. The highest BCUT2D eigenvalue weighted by Crippen LogP contribution is 2.30. The smallest absolute Gasteiger partial charge is 0.151 e. The fourth-order valence-corrected chi connectivity index (χ4v) is 3.52. The van der Waals surface area contributed by atoms with E-state index in [9.17, 15) is 9.18 Å². The zero-order chi connectivity index (χ0) is 14.6. The Hall–Kier alpha value is -0.870. The Labute approximate surface area is 124 Å². The molecule has 4 heteroatoms. The van der Waals surface area contributed by atoms with Crippen LogP contribution in [0.5, 0.6) is 0 Å². The highest BCUT2D eigenvalue weighted by atomic mass is 32.2. The number of hydrogen-bond donors (Lipinski definition) is 0. The van der Waals surface area contributed by atoms with Crippen molar-refractivity contribution in [1.82, 2.24) is 4.90 Å². The molecule has 1 aromatic rings. The van der Waals surface area contributed by atoms with E-state index in [1.165, 1.54) is 6.07 Å². The molecule has 1 aliphatic heterocycles. The lowest BCUT2D eigenvalue weighted by Crippen LogP contribution is -2.33. The van der Waals surface area contributed by atoms with Gasteiger partial charge in [0.15, 0.2) is 5.78 Å². The zero-order valence-electron chi connectivity index (χ0n) is 12.2. The molecule has 0 N–H and O–H groups in total. The molecule has 0 unspecified atom stereocenters. The summed E-state index contributed by atoms with van der Waals surface area (Å²) in [6, 6.07) is 6.52. The van der Waals surface area contributed by atoms with Gasteiger partial charge in [0.25, 0.3) is 0 Å². The van der Waals surface area contributed by atoms with Gasteiger partial charge >= 0.3 is 0 Å². The number of thioether (sulfide) groups is 1. The Morgan fingerprint density at radius 3 is 2.85 bits per heavy atom. The predicted molar refractivity (Wildman–Crippen MR) is 82.7 cm³/mol. The number of halogens is 1. The average Bonchev–Trinajstić information content (AvgIpc) is 2.54. The lowest BCUT2D eigenvalue weighted by atomic mass is 10.1. The molecule has 0 aromatic heterocycles. The number of rotatable bonds is 4. The van der Waals surface area contributed by atoms with Crippen LogP contribution in [-0.4, -0.2) is 40.8 Å². The first-order valence-electron chi connectivity index (χ1n) is 7.08. The van der Waals surface area contributed by atoms with E-state index in [0.717, 1.165) is 25.3 Å². The molecule has 1 aliphatic rings. The highest BCUT2D eigenvalue weighted by molar-refractivity contribution is 8.00. The van der Waals surface area contributed by atoms with Crippen molar-refractivity contribution in [2.24, 2.45) is 0 Å². The molecule has 0 aliphatic carbocycles. The summed E-state index contributed by atoms with van der Waals surface area (Å²) in [6.45, 7) is 6.83. The third kappa shape index (κ3) is 4.60. The summed E-state index contributed by atoms with van der Waals surface area (Å²) in [6.07, 6.45) is 1.28. The molecule has 0 amide bonds. The molecule has 20 heavy (non-hydrogen) atoms. The number of carbonyl (C=O) groups is 1. The maximum Gasteiger partial charge on any atom is 0.151 e. The first-order valence-corrected chi connectivity index (χ1v) is 8.06. The van der Waals surface area contributed by atoms with E-state index >= 15 is 0 Å². The molecule has 1 saturated heterocycles. The Balaban J connectivity index is 1.87. The van der Waals surface area contributed by atoms with Gasteiger partial charge in [-0.1, -0.05) is 32.0 Å². The van der Waals surface area contributed by atoms with E-state index in [4.69, 9.17) is 0 Å². The topological polar surface area (TPSA) is 20.3 Å². The predicted octanol–water partition coefficient (Wildman–Crippen LogP) is 3.15. The van der Waals surface area contributed by atoms with E-state index in [1.54, 1.807) is 18.2 Å². The van der Waals surface area contributed by atoms with Gasteiger partial charge in [-0.05, 0) is 24.6 Å². The maximum atomic E-state index is 13.5. The van der Waals surface area contributed by atoms with Crippen LogP contribution >= 0.6 is 11.8 Å². The Kier molecular flexibility index (Phi) is 5.22. The molecule has 2 nitrogen and oxygen atoms in total. The molecule has 2 rings (SSSR count). The van der Waals surface area contributed by atoms with E-state index < -0.39 is 0 Å². The van der Waals surface area contributed by atoms with Crippen LogP contribution in [0, 0.1) is 5.82 Å². The van der Waals surface area contributed by atoms with Crippen molar-refractivity contribution in [2.75, 3.05) is 25.4 Å². The van der Waals surface area contributed by atoms with Crippen LogP contribution in [0.25, 0.3) is 0 Å². The molecule has 0 atom stereocenters. The van der Waals surface area contributed by atoms with Crippen molar-refractivity contribution in [3.8, 4) is 0 Å². The molecule has 1 fully saturated rings. The number of benzene rings is 1. The molecular formula is C16H22FNOS. The van der Waals surface area contributed by atoms with Crippen molar-refractivity contribution in [2.45, 2.75) is 31.4 Å². The largest absolute Gasteiger partial charge is 0.298 e. The SMILES string of the molecule is CC1(C)CCN(CC(=O)Cc2ccccc2F)CCS1. The highest BCUT2D eigenvalue weighted by Gasteiger charge is 2.24. The quantitative estimate of drug-likeness (QED) is 0.851. The van der Waals surface area contributed by atoms with Crippen molar-refractivity contribution in [3.05, 3.63) is 35.6 Å². The van der Waals surface area contributed by atoms with Gasteiger partial charge in [0.05, 0.1) is 6.54 Å². The first-order chi connectivity index (χ1) is 9.46. The van der Waals surface area contributed by atoms with Crippen molar-refractivity contribution in [1.29, 1.82) is 0 Å². The summed E-state index contributed by atoms with van der Waals surface area (Å²) >= 11 is 1.97. The van der Waals surface area contributed by atoms with Gasteiger partial charge < -0.3 is 0 Å². The lowest BCUT2D eigenvalue weighted by molar-refractivity contribution is -0.119. The fraction of sp³-hybridized carbons (Fsp3) is 0.562. The van der Waals surface area contributed by atoms with Crippen LogP contribution in [0.2, 0.25) is 0 Å². The molecular weight excluding hydrogens is 273 g/mol. The third-order valence-electron chi connectivity index (χ3n) is 3.68. The molecule has 110 valence electrons. The van der Waals surface area contributed by atoms with E-state index in [-0.39, 0.29) is 18.0 Å². The minimum absolute atomic E-state index is 0.0970. The summed E-state index contributed by atoms with van der Waals surface area (Å²) in [5.74, 6) is 0.869. The second-order valence-corrected chi connectivity index (χ2v) is 7.74. The van der Waals surface area contributed by atoms with Crippen LogP contribution in [0.1, 0.15) is 25.8 Å². The summed E-state index contributed by atoms with van der Waals surface area (Å²) in [5, 5.41) is 0. The van der Waals surface area contributed by atoms with Crippen LogP contribution in [0.3, 0.4) is 0 Å². The number of ketones is 1. The van der Waals surface area contributed by atoms with Crippen LogP contribution in [0.4, 0.5) is 4.39 Å². The number of hydrogen-bond acceptors (Lipinski definition) is 3. The monoisotopic (exact) mass is 295 g/mol. The van der Waals surface area contributed by atoms with Crippen molar-refractivity contribution >= 4 is 17.5 Å². The standard InChI is InChI=1S/C16H22FNOS/c1-16(2)7-8-18(9-10-20-16)12-14(19)11-13-5-3-4-6-15(13)17/h3-6H,7-12H2,1-2H3. The normalized spacial score (nSPS) is 19.6. The van der Waals surface area contributed by atoms with Gasteiger partial charge in [-0.15, -0.1) is 0 Å². The van der Waals surface area contributed by atoms with Gasteiger partial charge in [0.1, 0.15) is 5.82 Å². The third-order valence-corrected chi connectivity index (χ3v) is 5.05. The summed E-state index contributed by atoms with van der Waals surface area (Å²) in [5.41, 5.74) is 0.502. The van der Waals surface area contributed by atoms with E-state index in [1.807, 2.05) is 11.8 Å². The Morgan fingerprint density at radius 1 is 1.35 bits per heavy atom. The van der Waals surface area contributed by atoms with Crippen LogP contribution in [0.15, 0.2) is 24.3 Å². The molecule has 0 radical (unpaired) electrons. The minimum atomic E-state index is -0.284. The van der Waals surface area contributed by atoms with Crippen LogP contribution < -0.4 is 0 Å². The average molecular weight is 295 g/mol. The second kappa shape index (κ2) is 6.72. The summed E-state index contributed by atoms with van der Waals surface area (Å²) < 4.78 is 13.8. The van der Waals surface area contributed by atoms with Crippen LogP contribution in [-0.2, 0) is 11.2 Å². The van der Waals surface area contributed by atoms with Crippen molar-refractivity contribution < 1.29 is 9.18 Å². The molecule has 0 spiro atoms. The number of nitrogens with zero attached hydrogens (tertiary/aromatic N) is 1. The minimum Gasteiger partial charge on any atom is -0.298 e. The van der Waals surface area contributed by atoms with Crippen molar-refractivity contribution in [3.63, 3.8) is 0 Å². The maximum absolute atomic E-state index is 13.5. The van der Waals surface area contributed by atoms with Gasteiger partial charge in [0, 0.05) is 23.5 Å². The molecule has 0 saturated carbocycles. The summed E-state index contributed by atoms with van der Waals surface area (Å²) in [7, 11) is 0. The molecule has 0 bridgehead atoms. The fourth-order valence-electron chi connectivity index (χ4n) is 2.38. The molecule has 1 aromatic carbocycles. The first kappa shape index (κ1) is 15.5. The van der Waals surface area contributed by atoms with Gasteiger partial charge in [0.2, 0.25) is 0 Å². The van der Waals surface area contributed by atoms with E-state index in [2.05, 4.69) is 18.7 Å². The number of carbonyl (C=O) groups excluding carboxylic acids is 1. The second-order valence-electron chi connectivity index (χ2n) is 5.94. The Bertz CT molecular complexity index is 475. The van der Waals surface area contributed by atoms with Gasteiger partial charge in [-0.2, -0.15) is 11.8 Å². The lowest BCUT2D eigenvalue weighted by Gasteiger charge is -2.22. The number of Topliss-reactive ketones (excluding diaryl/α,β-unsaturated/α-hetero) is 1. The van der Waals surface area contributed by atoms with E-state index in [0.29, 0.717) is 16.9 Å². The molecule has 1 heterocycles. The van der Waals surface area contributed by atoms with Gasteiger partial charge in [-0.3, -0.25) is 9.69 Å². The Morgan fingerprint density at radius 2 is 2.10 bits per heavy atom.